The highest BCUT2D eigenvalue weighted by Crippen LogP contribution is 2.24. The average Bonchev–Trinajstić information content (AvgIpc) is 2.47. The molecule has 0 radical (unpaired) electrons. The molecule has 2 aromatic carbocycles. The standard InChI is InChI=1S/C16H18N2O2/c1-11(18-2)13-4-3-5-15(10-13)20-14-8-6-12(7-9-14)16(17)19/h3-11,18H,1-2H3,(H2,17,19). The Bertz CT molecular complexity index is 594. The fourth-order valence-electron chi connectivity index (χ4n) is 1.84. The van der Waals surface area contributed by atoms with Crippen molar-refractivity contribution in [3.63, 3.8) is 0 Å². The van der Waals surface area contributed by atoms with Gasteiger partial charge in [-0.05, 0) is 55.9 Å². The molecular weight excluding hydrogens is 252 g/mol. The molecule has 4 heteroatoms. The van der Waals surface area contributed by atoms with E-state index in [0.717, 1.165) is 11.3 Å². The zero-order valence-electron chi connectivity index (χ0n) is 11.6. The maximum absolute atomic E-state index is 11.0. The third-order valence-electron chi connectivity index (χ3n) is 3.17. The summed E-state index contributed by atoms with van der Waals surface area (Å²) in [6.07, 6.45) is 0. The third kappa shape index (κ3) is 3.36. The lowest BCUT2D eigenvalue weighted by Crippen LogP contribution is -2.12. The second kappa shape index (κ2) is 6.21. The average molecular weight is 270 g/mol. The second-order valence-corrected chi connectivity index (χ2v) is 4.57. The molecule has 0 fully saturated rings. The maximum Gasteiger partial charge on any atom is 0.248 e. The number of carbonyl (C=O) groups excluding carboxylic acids is 1. The van der Waals surface area contributed by atoms with E-state index < -0.39 is 5.91 Å². The lowest BCUT2D eigenvalue weighted by molar-refractivity contribution is 0.100. The molecule has 1 atom stereocenters. The summed E-state index contributed by atoms with van der Waals surface area (Å²) in [5, 5.41) is 3.19. The largest absolute Gasteiger partial charge is 0.457 e. The fourth-order valence-corrected chi connectivity index (χ4v) is 1.84. The van der Waals surface area contributed by atoms with Crippen molar-refractivity contribution in [1.29, 1.82) is 0 Å². The molecule has 20 heavy (non-hydrogen) atoms. The van der Waals surface area contributed by atoms with Gasteiger partial charge in [0.15, 0.2) is 0 Å². The monoisotopic (exact) mass is 270 g/mol. The van der Waals surface area contributed by atoms with Gasteiger partial charge in [0.2, 0.25) is 5.91 Å². The van der Waals surface area contributed by atoms with Crippen LogP contribution in [0.4, 0.5) is 0 Å². The van der Waals surface area contributed by atoms with Gasteiger partial charge in [0.05, 0.1) is 0 Å². The van der Waals surface area contributed by atoms with E-state index in [9.17, 15) is 4.79 Å². The fraction of sp³-hybridized carbons (Fsp3) is 0.188. The number of rotatable bonds is 5. The van der Waals surface area contributed by atoms with Crippen LogP contribution < -0.4 is 15.8 Å². The molecule has 0 aliphatic carbocycles. The number of primary amides is 1. The minimum absolute atomic E-state index is 0.260. The van der Waals surface area contributed by atoms with Crippen LogP contribution in [0.1, 0.15) is 28.9 Å². The summed E-state index contributed by atoms with van der Waals surface area (Å²) >= 11 is 0. The number of nitrogens with two attached hydrogens (primary N) is 1. The Morgan fingerprint density at radius 1 is 1.15 bits per heavy atom. The predicted molar refractivity (Wildman–Crippen MR) is 79.0 cm³/mol. The molecule has 0 heterocycles. The van der Waals surface area contributed by atoms with Crippen LogP contribution in [0.25, 0.3) is 0 Å². The van der Waals surface area contributed by atoms with Crippen LogP contribution in [-0.2, 0) is 0 Å². The number of hydrogen-bond donors (Lipinski definition) is 2. The molecule has 0 aliphatic heterocycles. The van der Waals surface area contributed by atoms with Crippen LogP contribution in [0.5, 0.6) is 11.5 Å². The lowest BCUT2D eigenvalue weighted by Gasteiger charge is -2.12. The van der Waals surface area contributed by atoms with Crippen molar-refractivity contribution >= 4 is 5.91 Å². The molecule has 4 nitrogen and oxygen atoms in total. The Kier molecular flexibility index (Phi) is 4.38. The van der Waals surface area contributed by atoms with Crippen LogP contribution in [0.15, 0.2) is 48.5 Å². The van der Waals surface area contributed by atoms with E-state index >= 15 is 0 Å². The highest BCUT2D eigenvalue weighted by molar-refractivity contribution is 5.92. The molecule has 104 valence electrons. The number of benzene rings is 2. The van der Waals surface area contributed by atoms with Gasteiger partial charge in [0.1, 0.15) is 11.5 Å². The van der Waals surface area contributed by atoms with Gasteiger partial charge in [-0.2, -0.15) is 0 Å². The van der Waals surface area contributed by atoms with E-state index in [-0.39, 0.29) is 6.04 Å². The summed E-state index contributed by atoms with van der Waals surface area (Å²) in [5.74, 6) is 0.988. The molecule has 0 aromatic heterocycles. The van der Waals surface area contributed by atoms with Crippen molar-refractivity contribution in [3.8, 4) is 11.5 Å². The van der Waals surface area contributed by atoms with Crippen LogP contribution in [-0.4, -0.2) is 13.0 Å². The first-order valence-corrected chi connectivity index (χ1v) is 6.45. The summed E-state index contributed by atoms with van der Waals surface area (Å²) < 4.78 is 5.77. The van der Waals surface area contributed by atoms with Crippen LogP contribution in [0.3, 0.4) is 0 Å². The van der Waals surface area contributed by atoms with Gasteiger partial charge < -0.3 is 15.8 Å². The summed E-state index contributed by atoms with van der Waals surface area (Å²) in [7, 11) is 1.92. The second-order valence-electron chi connectivity index (χ2n) is 4.57. The number of amides is 1. The zero-order valence-corrected chi connectivity index (χ0v) is 11.6. The van der Waals surface area contributed by atoms with Gasteiger partial charge in [0, 0.05) is 11.6 Å². The smallest absolute Gasteiger partial charge is 0.248 e. The molecule has 0 aliphatic rings. The van der Waals surface area contributed by atoms with Crippen molar-refractivity contribution in [1.82, 2.24) is 5.32 Å². The normalized spacial score (nSPS) is 11.9. The SMILES string of the molecule is CNC(C)c1cccc(Oc2ccc(C(N)=O)cc2)c1. The predicted octanol–water partition coefficient (Wildman–Crippen LogP) is 2.86. The van der Waals surface area contributed by atoms with Crippen molar-refractivity contribution in [3.05, 3.63) is 59.7 Å². The molecule has 1 amide bonds. The van der Waals surface area contributed by atoms with Gasteiger partial charge in [0.25, 0.3) is 0 Å². The van der Waals surface area contributed by atoms with Crippen LogP contribution >= 0.6 is 0 Å². The van der Waals surface area contributed by atoms with E-state index in [1.807, 2.05) is 31.3 Å². The lowest BCUT2D eigenvalue weighted by atomic mass is 10.1. The van der Waals surface area contributed by atoms with E-state index in [4.69, 9.17) is 10.5 Å². The van der Waals surface area contributed by atoms with E-state index in [2.05, 4.69) is 12.2 Å². The number of nitrogens with one attached hydrogen (secondary N) is 1. The topological polar surface area (TPSA) is 64.3 Å². The van der Waals surface area contributed by atoms with Gasteiger partial charge in [-0.3, -0.25) is 4.79 Å². The first-order valence-electron chi connectivity index (χ1n) is 6.45. The van der Waals surface area contributed by atoms with Crippen molar-refractivity contribution in [2.75, 3.05) is 7.05 Å². The molecular formula is C16H18N2O2. The Hall–Kier alpha value is -2.33. The first kappa shape index (κ1) is 14.1. The van der Waals surface area contributed by atoms with Gasteiger partial charge in [-0.25, -0.2) is 0 Å². The summed E-state index contributed by atoms with van der Waals surface area (Å²) in [5.41, 5.74) is 6.82. The summed E-state index contributed by atoms with van der Waals surface area (Å²) in [6, 6.07) is 14.9. The Morgan fingerprint density at radius 3 is 2.45 bits per heavy atom. The summed E-state index contributed by atoms with van der Waals surface area (Å²) in [6.45, 7) is 2.08. The molecule has 0 saturated carbocycles. The minimum atomic E-state index is -0.443. The first-order chi connectivity index (χ1) is 9.60. The van der Waals surface area contributed by atoms with E-state index in [0.29, 0.717) is 11.3 Å². The zero-order chi connectivity index (χ0) is 14.5. The highest BCUT2D eigenvalue weighted by atomic mass is 16.5. The molecule has 0 bridgehead atoms. The Labute approximate surface area is 118 Å². The summed E-state index contributed by atoms with van der Waals surface area (Å²) in [4.78, 5) is 11.0. The number of hydrogen-bond acceptors (Lipinski definition) is 3. The molecule has 2 aromatic rings. The van der Waals surface area contributed by atoms with Gasteiger partial charge >= 0.3 is 0 Å². The third-order valence-corrected chi connectivity index (χ3v) is 3.17. The van der Waals surface area contributed by atoms with Crippen molar-refractivity contribution in [2.45, 2.75) is 13.0 Å². The van der Waals surface area contributed by atoms with Crippen LogP contribution in [0, 0.1) is 0 Å². The highest BCUT2D eigenvalue weighted by Gasteiger charge is 2.05. The molecule has 0 spiro atoms. The Morgan fingerprint density at radius 2 is 1.85 bits per heavy atom. The van der Waals surface area contributed by atoms with E-state index in [1.54, 1.807) is 24.3 Å². The van der Waals surface area contributed by atoms with Crippen LogP contribution in [0.2, 0.25) is 0 Å². The van der Waals surface area contributed by atoms with Gasteiger partial charge in [-0.1, -0.05) is 12.1 Å². The quantitative estimate of drug-likeness (QED) is 0.878. The maximum atomic E-state index is 11.0. The minimum Gasteiger partial charge on any atom is -0.457 e. The van der Waals surface area contributed by atoms with E-state index in [1.165, 1.54) is 0 Å². The number of ether oxygens (including phenoxy) is 1. The molecule has 3 N–H and O–H groups in total. The number of carbonyl (C=O) groups is 1. The van der Waals surface area contributed by atoms with Crippen molar-refractivity contribution < 1.29 is 9.53 Å². The Balaban J connectivity index is 2.15. The van der Waals surface area contributed by atoms with Gasteiger partial charge in [-0.15, -0.1) is 0 Å². The molecule has 0 saturated heterocycles. The molecule has 1 unspecified atom stereocenters. The molecule has 2 rings (SSSR count). The van der Waals surface area contributed by atoms with Crippen molar-refractivity contribution in [2.24, 2.45) is 5.73 Å².